The van der Waals surface area contributed by atoms with Crippen molar-refractivity contribution in [3.8, 4) is 0 Å². The second-order valence-electron chi connectivity index (χ2n) is 3.07. The lowest BCUT2D eigenvalue weighted by Crippen LogP contribution is -2.38. The maximum absolute atomic E-state index is 12.1. The Balaban J connectivity index is 2.94. The van der Waals surface area contributed by atoms with Crippen molar-refractivity contribution in [2.75, 3.05) is 11.9 Å². The number of carbonyl (C=O) groups is 2. The minimum Gasteiger partial charge on any atom is -0.478 e. The average Bonchev–Trinajstić information content (AvgIpc) is 2.26. The van der Waals surface area contributed by atoms with Gasteiger partial charge in [0.15, 0.2) is 0 Å². The highest BCUT2D eigenvalue weighted by Gasteiger charge is 2.42. The van der Waals surface area contributed by atoms with Crippen LogP contribution in [0.3, 0.4) is 0 Å². The van der Waals surface area contributed by atoms with Gasteiger partial charge in [-0.15, -0.1) is 0 Å². The summed E-state index contributed by atoms with van der Waals surface area (Å²) in [4.78, 5) is 25.1. The summed E-state index contributed by atoms with van der Waals surface area (Å²) < 4.78 is 36.2. The second kappa shape index (κ2) is 4.40. The molecule has 17 heavy (non-hydrogen) atoms. The topological polar surface area (TPSA) is 70.5 Å². The van der Waals surface area contributed by atoms with Crippen LogP contribution in [0.1, 0.15) is 10.4 Å². The molecular weight excluding hydrogens is 241 g/mol. The highest BCUT2D eigenvalue weighted by atomic mass is 19.4. The number of carboxylic acid groups (broad SMARTS) is 1. The van der Waals surface area contributed by atoms with Crippen LogP contribution < -0.4 is 4.90 Å². The Morgan fingerprint density at radius 3 is 2.29 bits per heavy atom. The number of anilines is 1. The molecule has 0 aromatic carbocycles. The molecular formula is C9H7F3N2O3. The number of carbonyl (C=O) groups excluding carboxylic acids is 1. The quantitative estimate of drug-likeness (QED) is 0.856. The van der Waals surface area contributed by atoms with Crippen LogP contribution in [0.2, 0.25) is 0 Å². The fourth-order valence-corrected chi connectivity index (χ4v) is 1.01. The molecule has 1 heterocycles. The number of pyridine rings is 1. The van der Waals surface area contributed by atoms with Gasteiger partial charge in [0.05, 0.1) is 5.56 Å². The van der Waals surface area contributed by atoms with E-state index < -0.39 is 18.1 Å². The van der Waals surface area contributed by atoms with Gasteiger partial charge in [0, 0.05) is 13.2 Å². The van der Waals surface area contributed by atoms with E-state index >= 15 is 0 Å². The van der Waals surface area contributed by atoms with Gasteiger partial charge in [-0.2, -0.15) is 13.2 Å². The van der Waals surface area contributed by atoms with Crippen molar-refractivity contribution in [3.63, 3.8) is 0 Å². The Hall–Kier alpha value is -2.12. The lowest BCUT2D eigenvalue weighted by atomic mass is 10.3. The van der Waals surface area contributed by atoms with Gasteiger partial charge in [-0.1, -0.05) is 0 Å². The molecule has 0 fully saturated rings. The second-order valence-corrected chi connectivity index (χ2v) is 3.07. The maximum Gasteiger partial charge on any atom is 0.471 e. The summed E-state index contributed by atoms with van der Waals surface area (Å²) in [6.07, 6.45) is -4.13. The van der Waals surface area contributed by atoms with Crippen molar-refractivity contribution in [2.45, 2.75) is 6.18 Å². The van der Waals surface area contributed by atoms with Gasteiger partial charge in [-0.25, -0.2) is 9.78 Å². The molecule has 0 radical (unpaired) electrons. The van der Waals surface area contributed by atoms with Crippen LogP contribution in [0.15, 0.2) is 18.3 Å². The number of rotatable bonds is 2. The molecule has 1 rings (SSSR count). The number of hydrogen-bond donors (Lipinski definition) is 1. The van der Waals surface area contributed by atoms with Crippen molar-refractivity contribution < 1.29 is 27.9 Å². The fourth-order valence-electron chi connectivity index (χ4n) is 1.01. The highest BCUT2D eigenvalue weighted by molar-refractivity contribution is 5.96. The van der Waals surface area contributed by atoms with E-state index in [1.54, 1.807) is 0 Å². The summed E-state index contributed by atoms with van der Waals surface area (Å²) in [6.45, 7) is 0. The Kier molecular flexibility index (Phi) is 3.35. The maximum atomic E-state index is 12.1. The molecule has 8 heteroatoms. The zero-order valence-electron chi connectivity index (χ0n) is 8.52. The Morgan fingerprint density at radius 1 is 1.35 bits per heavy atom. The molecule has 0 aliphatic rings. The van der Waals surface area contributed by atoms with Crippen molar-refractivity contribution in [2.24, 2.45) is 0 Å². The van der Waals surface area contributed by atoms with E-state index in [0.717, 1.165) is 25.4 Å². The SMILES string of the molecule is CN(C(=O)C(F)(F)F)c1ccc(C(=O)O)cn1. The number of alkyl halides is 3. The smallest absolute Gasteiger partial charge is 0.471 e. The molecule has 92 valence electrons. The molecule has 5 nitrogen and oxygen atoms in total. The normalized spacial score (nSPS) is 11.1. The van der Waals surface area contributed by atoms with Gasteiger partial charge < -0.3 is 5.11 Å². The van der Waals surface area contributed by atoms with Crippen molar-refractivity contribution in [3.05, 3.63) is 23.9 Å². The number of nitrogens with zero attached hydrogens (tertiary/aromatic N) is 2. The summed E-state index contributed by atoms with van der Waals surface area (Å²) in [7, 11) is 0.901. The van der Waals surface area contributed by atoms with E-state index in [1.807, 2.05) is 0 Å². The van der Waals surface area contributed by atoms with Gasteiger partial charge in [0.2, 0.25) is 0 Å². The first-order valence-electron chi connectivity index (χ1n) is 4.27. The lowest BCUT2D eigenvalue weighted by Gasteiger charge is -2.17. The zero-order chi connectivity index (χ0) is 13.2. The predicted molar refractivity (Wildman–Crippen MR) is 50.7 cm³/mol. The minimum absolute atomic E-state index is 0.179. The third kappa shape index (κ3) is 2.92. The number of aromatic carboxylic acids is 1. The molecule has 0 saturated heterocycles. The van der Waals surface area contributed by atoms with E-state index in [2.05, 4.69) is 4.98 Å². The van der Waals surface area contributed by atoms with E-state index in [1.165, 1.54) is 0 Å². The van der Waals surface area contributed by atoms with Crippen LogP contribution in [-0.2, 0) is 4.79 Å². The van der Waals surface area contributed by atoms with Crippen LogP contribution in [-0.4, -0.2) is 35.2 Å². The van der Waals surface area contributed by atoms with Crippen molar-refractivity contribution in [1.29, 1.82) is 0 Å². The van der Waals surface area contributed by atoms with Gasteiger partial charge >= 0.3 is 18.1 Å². The number of aromatic nitrogens is 1. The van der Waals surface area contributed by atoms with Crippen LogP contribution in [0.25, 0.3) is 0 Å². The first kappa shape index (κ1) is 12.9. The van der Waals surface area contributed by atoms with E-state index in [-0.39, 0.29) is 11.4 Å². The average molecular weight is 248 g/mol. The lowest BCUT2D eigenvalue weighted by molar-refractivity contribution is -0.170. The summed E-state index contributed by atoms with van der Waals surface area (Å²) in [6, 6.07) is 2.08. The first-order valence-corrected chi connectivity index (χ1v) is 4.27. The highest BCUT2D eigenvalue weighted by Crippen LogP contribution is 2.21. The molecule has 1 aromatic rings. The third-order valence-electron chi connectivity index (χ3n) is 1.89. The molecule has 0 aliphatic heterocycles. The van der Waals surface area contributed by atoms with Crippen LogP contribution in [0.5, 0.6) is 0 Å². The molecule has 0 bridgehead atoms. The van der Waals surface area contributed by atoms with E-state index in [0.29, 0.717) is 4.90 Å². The fraction of sp³-hybridized carbons (Fsp3) is 0.222. The molecule has 0 saturated carbocycles. The Bertz CT molecular complexity index is 442. The molecule has 0 aliphatic carbocycles. The number of amides is 1. The molecule has 1 N–H and O–H groups in total. The predicted octanol–water partition coefficient (Wildman–Crippen LogP) is 1.30. The third-order valence-corrected chi connectivity index (χ3v) is 1.89. The summed E-state index contributed by atoms with van der Waals surface area (Å²) in [5.74, 6) is -3.61. The standard InChI is InChI=1S/C9H7F3N2O3/c1-14(8(17)9(10,11)12)6-3-2-5(4-13-6)7(15)16/h2-4H,1H3,(H,15,16). The Morgan fingerprint density at radius 2 is 1.94 bits per heavy atom. The van der Waals surface area contributed by atoms with Crippen molar-refractivity contribution >= 4 is 17.7 Å². The molecule has 0 unspecified atom stereocenters. The van der Waals surface area contributed by atoms with Crippen molar-refractivity contribution in [1.82, 2.24) is 4.98 Å². The monoisotopic (exact) mass is 248 g/mol. The minimum atomic E-state index is -5.00. The summed E-state index contributed by atoms with van der Waals surface area (Å²) in [5, 5.41) is 8.55. The Labute approximate surface area is 93.5 Å². The molecule has 1 amide bonds. The van der Waals surface area contributed by atoms with Crippen LogP contribution in [0, 0.1) is 0 Å². The summed E-state index contributed by atoms with van der Waals surface area (Å²) in [5.41, 5.74) is -0.179. The van der Waals surface area contributed by atoms with Gasteiger partial charge in [0.1, 0.15) is 5.82 Å². The van der Waals surface area contributed by atoms with Crippen LogP contribution >= 0.6 is 0 Å². The van der Waals surface area contributed by atoms with Gasteiger partial charge in [-0.05, 0) is 12.1 Å². The number of halogens is 3. The van der Waals surface area contributed by atoms with Gasteiger partial charge in [0.25, 0.3) is 0 Å². The van der Waals surface area contributed by atoms with E-state index in [4.69, 9.17) is 5.11 Å². The molecule has 0 spiro atoms. The number of hydrogen-bond acceptors (Lipinski definition) is 3. The zero-order valence-corrected chi connectivity index (χ0v) is 8.52. The van der Waals surface area contributed by atoms with Crippen LogP contribution in [0.4, 0.5) is 19.0 Å². The molecule has 1 aromatic heterocycles. The molecule has 0 atom stereocenters. The first-order chi connectivity index (χ1) is 7.73. The summed E-state index contributed by atoms with van der Waals surface area (Å²) >= 11 is 0. The van der Waals surface area contributed by atoms with E-state index in [9.17, 15) is 22.8 Å². The van der Waals surface area contributed by atoms with Gasteiger partial charge in [-0.3, -0.25) is 9.69 Å². The largest absolute Gasteiger partial charge is 0.478 e. The number of carboxylic acids is 1.